The fourth-order valence-electron chi connectivity index (χ4n) is 4.62. The highest BCUT2D eigenvalue weighted by atomic mass is 35.5. The van der Waals surface area contributed by atoms with Crippen LogP contribution in [0.1, 0.15) is 40.2 Å². The van der Waals surface area contributed by atoms with Gasteiger partial charge in [0.05, 0.1) is 18.2 Å². The third-order valence-electron chi connectivity index (χ3n) is 6.50. The molecule has 0 spiro atoms. The first-order chi connectivity index (χ1) is 18.0. The van der Waals surface area contributed by atoms with Crippen molar-refractivity contribution in [3.8, 4) is 11.4 Å². The number of likely N-dealkylation sites (tertiary alicyclic amines) is 1. The third kappa shape index (κ3) is 5.96. The molecule has 1 fully saturated rings. The van der Waals surface area contributed by atoms with Gasteiger partial charge in [-0.1, -0.05) is 70.9 Å². The van der Waals surface area contributed by atoms with Gasteiger partial charge in [-0.15, -0.1) is 0 Å². The van der Waals surface area contributed by atoms with Gasteiger partial charge < -0.3 is 9.84 Å². The van der Waals surface area contributed by atoms with Crippen LogP contribution in [-0.2, 0) is 11.3 Å². The Bertz CT molecular complexity index is 1420. The van der Waals surface area contributed by atoms with Crippen molar-refractivity contribution in [1.29, 1.82) is 0 Å². The quantitative estimate of drug-likeness (QED) is 0.314. The van der Waals surface area contributed by atoms with E-state index in [0.717, 1.165) is 30.5 Å². The second-order valence-electron chi connectivity index (χ2n) is 9.33. The number of hydrogen-bond acceptors (Lipinski definition) is 6. The monoisotopic (exact) mass is 514 g/mol. The molecule has 2 heterocycles. The number of anilines is 1. The molecule has 0 bridgehead atoms. The molecule has 0 aliphatic carbocycles. The molecule has 4 aromatic rings. The number of carbonyl (C=O) groups is 2. The van der Waals surface area contributed by atoms with Gasteiger partial charge in [0.2, 0.25) is 17.6 Å². The number of amides is 1. The Kier molecular flexibility index (Phi) is 7.44. The zero-order valence-electron chi connectivity index (χ0n) is 20.5. The van der Waals surface area contributed by atoms with Crippen LogP contribution >= 0.6 is 11.6 Å². The molecule has 0 saturated carbocycles. The first kappa shape index (κ1) is 24.9. The van der Waals surface area contributed by atoms with Crippen LogP contribution in [0.4, 0.5) is 5.69 Å². The maximum Gasteiger partial charge on any atom is 0.241 e. The molecular formula is C29H27ClN4O3. The van der Waals surface area contributed by atoms with Crippen LogP contribution in [0.25, 0.3) is 11.4 Å². The molecule has 188 valence electrons. The number of aryl methyl sites for hydroxylation is 1. The second kappa shape index (κ2) is 11.1. The number of carbonyl (C=O) groups excluding carboxylic acids is 2. The Morgan fingerprint density at radius 1 is 1.08 bits per heavy atom. The molecular weight excluding hydrogens is 488 g/mol. The molecule has 1 aromatic heterocycles. The molecule has 37 heavy (non-hydrogen) atoms. The number of nitrogens with one attached hydrogen (secondary N) is 1. The average Bonchev–Trinajstić information content (AvgIpc) is 3.38. The number of benzene rings is 3. The molecule has 1 atom stereocenters. The van der Waals surface area contributed by atoms with Crippen molar-refractivity contribution in [3.63, 3.8) is 0 Å². The summed E-state index contributed by atoms with van der Waals surface area (Å²) in [5.41, 5.74) is 3.40. The number of aromatic nitrogens is 2. The van der Waals surface area contributed by atoms with Crippen LogP contribution in [0.2, 0.25) is 5.02 Å². The SMILES string of the molecule is Cc1cccc(-c2noc(CN3CCCC(C(=O)Nc4ccc(Cl)cc4C(=O)c4ccccc4)C3)n2)c1. The molecule has 3 aromatic carbocycles. The first-order valence-corrected chi connectivity index (χ1v) is 12.7. The maximum absolute atomic E-state index is 13.2. The largest absolute Gasteiger partial charge is 0.338 e. The highest BCUT2D eigenvalue weighted by Crippen LogP contribution is 2.26. The second-order valence-corrected chi connectivity index (χ2v) is 9.77. The Balaban J connectivity index is 1.25. The van der Waals surface area contributed by atoms with E-state index in [1.165, 1.54) is 0 Å². The van der Waals surface area contributed by atoms with Gasteiger partial charge in [0, 0.05) is 28.3 Å². The van der Waals surface area contributed by atoms with Gasteiger partial charge in [-0.3, -0.25) is 14.5 Å². The Hall–Kier alpha value is -3.81. The molecule has 1 aliphatic rings. The van der Waals surface area contributed by atoms with Crippen molar-refractivity contribution in [1.82, 2.24) is 15.0 Å². The standard InChI is InChI=1S/C29H27ClN4O3/c1-19-7-5-10-21(15-19)28-32-26(37-33-28)18-34-14-6-11-22(17-34)29(36)31-25-13-12-23(30)16-24(25)27(35)20-8-3-2-4-9-20/h2-5,7-10,12-13,15-16,22H,6,11,14,17-18H2,1H3,(H,31,36). The van der Waals surface area contributed by atoms with Crippen LogP contribution in [0, 0.1) is 12.8 Å². The number of piperidine rings is 1. The van der Waals surface area contributed by atoms with Gasteiger partial charge in [0.1, 0.15) is 0 Å². The van der Waals surface area contributed by atoms with Crippen molar-refractivity contribution >= 4 is 29.0 Å². The molecule has 0 radical (unpaired) electrons. The smallest absolute Gasteiger partial charge is 0.241 e. The van der Waals surface area contributed by atoms with Gasteiger partial charge in [0.15, 0.2) is 5.78 Å². The van der Waals surface area contributed by atoms with Crippen LogP contribution in [0.15, 0.2) is 77.3 Å². The summed E-state index contributed by atoms with van der Waals surface area (Å²) in [6, 6.07) is 21.9. The molecule has 1 N–H and O–H groups in total. The van der Waals surface area contributed by atoms with Crippen LogP contribution in [-0.4, -0.2) is 39.8 Å². The van der Waals surface area contributed by atoms with E-state index in [9.17, 15) is 9.59 Å². The zero-order valence-corrected chi connectivity index (χ0v) is 21.2. The molecule has 1 saturated heterocycles. The Morgan fingerprint density at radius 2 is 1.92 bits per heavy atom. The number of nitrogens with zero attached hydrogens (tertiary/aromatic N) is 3. The van der Waals surface area contributed by atoms with Gasteiger partial charge in [-0.05, 0) is 50.6 Å². The van der Waals surface area contributed by atoms with Crippen molar-refractivity contribution < 1.29 is 14.1 Å². The highest BCUT2D eigenvalue weighted by molar-refractivity contribution is 6.31. The summed E-state index contributed by atoms with van der Waals surface area (Å²) in [7, 11) is 0. The summed E-state index contributed by atoms with van der Waals surface area (Å²) in [5.74, 6) is 0.530. The summed E-state index contributed by atoms with van der Waals surface area (Å²) in [6.45, 7) is 3.89. The lowest BCUT2D eigenvalue weighted by atomic mass is 9.96. The highest BCUT2D eigenvalue weighted by Gasteiger charge is 2.28. The summed E-state index contributed by atoms with van der Waals surface area (Å²) < 4.78 is 5.50. The topological polar surface area (TPSA) is 88.3 Å². The minimum absolute atomic E-state index is 0.125. The molecule has 7 nitrogen and oxygen atoms in total. The number of rotatable bonds is 7. The molecule has 1 amide bonds. The predicted molar refractivity (Wildman–Crippen MR) is 142 cm³/mol. The molecule has 5 rings (SSSR count). The van der Waals surface area contributed by atoms with Gasteiger partial charge >= 0.3 is 0 Å². The minimum Gasteiger partial charge on any atom is -0.338 e. The van der Waals surface area contributed by atoms with Crippen LogP contribution < -0.4 is 5.32 Å². The van der Waals surface area contributed by atoms with Crippen molar-refractivity contribution in [2.75, 3.05) is 18.4 Å². The van der Waals surface area contributed by atoms with Crippen molar-refractivity contribution in [2.24, 2.45) is 5.92 Å². The number of ketones is 1. The van der Waals surface area contributed by atoms with Crippen molar-refractivity contribution in [2.45, 2.75) is 26.3 Å². The lowest BCUT2D eigenvalue weighted by Crippen LogP contribution is -2.40. The summed E-state index contributed by atoms with van der Waals surface area (Å²) in [6.07, 6.45) is 1.63. The van der Waals surface area contributed by atoms with E-state index >= 15 is 0 Å². The van der Waals surface area contributed by atoms with E-state index in [1.807, 2.05) is 37.3 Å². The van der Waals surface area contributed by atoms with Gasteiger partial charge in [0.25, 0.3) is 0 Å². The van der Waals surface area contributed by atoms with E-state index in [4.69, 9.17) is 16.1 Å². The fraction of sp³-hybridized carbons (Fsp3) is 0.241. The van der Waals surface area contributed by atoms with E-state index in [0.29, 0.717) is 46.6 Å². The van der Waals surface area contributed by atoms with Gasteiger partial charge in [-0.2, -0.15) is 4.98 Å². The fourth-order valence-corrected chi connectivity index (χ4v) is 4.79. The van der Waals surface area contributed by atoms with Crippen LogP contribution in [0.5, 0.6) is 0 Å². The lowest BCUT2D eigenvalue weighted by molar-refractivity contribution is -0.121. The molecule has 8 heteroatoms. The summed E-state index contributed by atoms with van der Waals surface area (Å²) in [5, 5.41) is 7.54. The Morgan fingerprint density at radius 3 is 2.73 bits per heavy atom. The summed E-state index contributed by atoms with van der Waals surface area (Å²) >= 11 is 6.19. The molecule has 1 aliphatic heterocycles. The maximum atomic E-state index is 13.2. The number of hydrogen-bond donors (Lipinski definition) is 1. The zero-order chi connectivity index (χ0) is 25.8. The normalized spacial score (nSPS) is 15.9. The number of halogens is 1. The van der Waals surface area contributed by atoms with E-state index in [1.54, 1.807) is 42.5 Å². The average molecular weight is 515 g/mol. The van der Waals surface area contributed by atoms with Crippen molar-refractivity contribution in [3.05, 3.63) is 100 Å². The van der Waals surface area contributed by atoms with E-state index in [-0.39, 0.29) is 17.6 Å². The summed E-state index contributed by atoms with van der Waals surface area (Å²) in [4.78, 5) is 33.1. The minimum atomic E-state index is -0.233. The third-order valence-corrected chi connectivity index (χ3v) is 6.73. The van der Waals surface area contributed by atoms with E-state index < -0.39 is 0 Å². The predicted octanol–water partition coefficient (Wildman–Crippen LogP) is 5.78. The first-order valence-electron chi connectivity index (χ1n) is 12.3. The molecule has 1 unspecified atom stereocenters. The van der Waals surface area contributed by atoms with Crippen LogP contribution in [0.3, 0.4) is 0 Å². The Labute approximate surface area is 220 Å². The van der Waals surface area contributed by atoms with Gasteiger partial charge in [-0.25, -0.2) is 0 Å². The van der Waals surface area contributed by atoms with E-state index in [2.05, 4.69) is 20.4 Å². The lowest BCUT2D eigenvalue weighted by Gasteiger charge is -2.31.